The van der Waals surface area contributed by atoms with Crippen molar-refractivity contribution < 1.29 is 13.2 Å². The van der Waals surface area contributed by atoms with Crippen LogP contribution in [0.1, 0.15) is 58.3 Å². The van der Waals surface area contributed by atoms with Gasteiger partial charge in [0, 0.05) is 32.1 Å². The number of hydrogen-bond donors (Lipinski definition) is 1. The van der Waals surface area contributed by atoms with Gasteiger partial charge >= 0.3 is 0 Å². The fourth-order valence-electron chi connectivity index (χ4n) is 2.93. The van der Waals surface area contributed by atoms with E-state index in [1.165, 1.54) is 12.1 Å². The molecule has 0 aromatic heterocycles. The van der Waals surface area contributed by atoms with Crippen LogP contribution in [0.5, 0.6) is 0 Å². The molecule has 0 spiro atoms. The molecule has 1 amide bonds. The summed E-state index contributed by atoms with van der Waals surface area (Å²) in [5.74, 6) is 0.513. The third-order valence-corrected chi connectivity index (χ3v) is 5.78. The lowest BCUT2D eigenvalue weighted by Gasteiger charge is -2.17. The average Bonchev–Trinajstić information content (AvgIpc) is 2.80. The fourth-order valence-corrected chi connectivity index (χ4v) is 4.07. The van der Waals surface area contributed by atoms with Crippen LogP contribution in [-0.2, 0) is 14.8 Å². The maximum Gasteiger partial charge on any atom is 0.284 e. The van der Waals surface area contributed by atoms with Gasteiger partial charge in [0.15, 0.2) is 0 Å². The van der Waals surface area contributed by atoms with E-state index in [1.54, 1.807) is 12.1 Å². The van der Waals surface area contributed by atoms with Crippen LogP contribution in [0, 0.1) is 0 Å². The zero-order valence-electron chi connectivity index (χ0n) is 15.7. The van der Waals surface area contributed by atoms with E-state index in [1.807, 2.05) is 11.9 Å². The Morgan fingerprint density at radius 1 is 1.23 bits per heavy atom. The summed E-state index contributed by atoms with van der Waals surface area (Å²) in [7, 11) is -1.91. The molecule has 26 heavy (non-hydrogen) atoms. The Morgan fingerprint density at radius 2 is 2.04 bits per heavy atom. The minimum absolute atomic E-state index is 0.0946. The lowest BCUT2D eigenvalue weighted by Crippen LogP contribution is -2.26. The highest BCUT2D eigenvalue weighted by Crippen LogP contribution is 2.20. The van der Waals surface area contributed by atoms with Crippen LogP contribution in [0.25, 0.3) is 0 Å². The first-order chi connectivity index (χ1) is 12.4. The molecular formula is C19H29N3O3S. The smallest absolute Gasteiger partial charge is 0.284 e. The zero-order chi connectivity index (χ0) is 19.0. The second-order valence-corrected chi connectivity index (χ2v) is 8.35. The van der Waals surface area contributed by atoms with E-state index in [2.05, 4.69) is 16.6 Å². The van der Waals surface area contributed by atoms with E-state index < -0.39 is 10.0 Å². The predicted octanol–water partition coefficient (Wildman–Crippen LogP) is 3.80. The Labute approximate surface area is 156 Å². The topological polar surface area (TPSA) is 78.8 Å². The number of rotatable bonds is 7. The summed E-state index contributed by atoms with van der Waals surface area (Å²) in [5, 5.41) is 2.77. The number of amidine groups is 1. The van der Waals surface area contributed by atoms with Crippen molar-refractivity contribution in [3.8, 4) is 0 Å². The van der Waals surface area contributed by atoms with Crippen molar-refractivity contribution in [3.63, 3.8) is 0 Å². The second-order valence-electron chi connectivity index (χ2n) is 6.75. The van der Waals surface area contributed by atoms with E-state index in [0.717, 1.165) is 45.1 Å². The number of amides is 1. The predicted molar refractivity (Wildman–Crippen MR) is 105 cm³/mol. The average molecular weight is 380 g/mol. The molecule has 2 rings (SSSR count). The number of hydrogen-bond acceptors (Lipinski definition) is 3. The Hall–Kier alpha value is -1.89. The molecule has 0 atom stereocenters. The standard InChI is InChI=1S/C19H29N3O3S/c1-3-4-6-13-19(23)20-16-10-9-11-17(15-16)26(24,25)21-18-12-7-5-8-14-22(18)2/h9-11,15H,3-8,12-14H2,1-2H3,(H,20,23). The first kappa shape index (κ1) is 20.4. The van der Waals surface area contributed by atoms with Crippen LogP contribution in [0.4, 0.5) is 5.69 Å². The molecule has 1 heterocycles. The fraction of sp³-hybridized carbons (Fsp3) is 0.579. The van der Waals surface area contributed by atoms with Gasteiger partial charge < -0.3 is 10.2 Å². The van der Waals surface area contributed by atoms with Crippen LogP contribution in [-0.4, -0.2) is 38.7 Å². The molecule has 1 aliphatic heterocycles. The third-order valence-electron chi connectivity index (χ3n) is 4.48. The minimum atomic E-state index is -3.79. The van der Waals surface area contributed by atoms with Crippen LogP contribution in [0.2, 0.25) is 0 Å². The van der Waals surface area contributed by atoms with Crippen molar-refractivity contribution >= 4 is 27.5 Å². The normalized spacial score (nSPS) is 17.2. The molecule has 1 fully saturated rings. The summed E-state index contributed by atoms with van der Waals surface area (Å²) >= 11 is 0. The number of nitrogens with zero attached hydrogens (tertiary/aromatic N) is 2. The number of unbranched alkanes of at least 4 members (excludes halogenated alkanes) is 2. The van der Waals surface area contributed by atoms with Gasteiger partial charge in [-0.25, -0.2) is 0 Å². The maximum atomic E-state index is 12.7. The van der Waals surface area contributed by atoms with Crippen LogP contribution >= 0.6 is 0 Å². The molecule has 1 aromatic rings. The summed E-state index contributed by atoms with van der Waals surface area (Å²) in [6, 6.07) is 6.32. The SMILES string of the molecule is CCCCCC(=O)Nc1cccc(S(=O)(=O)N=C2CCCCCN2C)c1. The van der Waals surface area contributed by atoms with E-state index in [9.17, 15) is 13.2 Å². The van der Waals surface area contributed by atoms with Crippen molar-refractivity contribution in [2.24, 2.45) is 4.40 Å². The van der Waals surface area contributed by atoms with Crippen LogP contribution in [0.15, 0.2) is 33.6 Å². The van der Waals surface area contributed by atoms with Crippen LogP contribution < -0.4 is 5.32 Å². The summed E-state index contributed by atoms with van der Waals surface area (Å²) in [5.41, 5.74) is 0.488. The lowest BCUT2D eigenvalue weighted by molar-refractivity contribution is -0.116. The van der Waals surface area contributed by atoms with E-state index in [-0.39, 0.29) is 10.8 Å². The van der Waals surface area contributed by atoms with Crippen LogP contribution in [0.3, 0.4) is 0 Å². The van der Waals surface area contributed by atoms with Crippen molar-refractivity contribution in [1.29, 1.82) is 0 Å². The monoisotopic (exact) mass is 379 g/mol. The molecule has 0 bridgehead atoms. The molecule has 7 heteroatoms. The molecule has 144 valence electrons. The lowest BCUT2D eigenvalue weighted by atomic mass is 10.2. The van der Waals surface area contributed by atoms with Crippen molar-refractivity contribution in [2.75, 3.05) is 18.9 Å². The molecular weight excluding hydrogens is 350 g/mol. The number of carbonyl (C=O) groups excluding carboxylic acids is 1. The zero-order valence-corrected chi connectivity index (χ0v) is 16.5. The molecule has 1 saturated heterocycles. The Bertz CT molecular complexity index is 744. The molecule has 1 aliphatic rings. The third kappa shape index (κ3) is 6.12. The highest BCUT2D eigenvalue weighted by atomic mass is 32.2. The molecule has 0 unspecified atom stereocenters. The second kappa shape index (κ2) is 9.71. The Balaban J connectivity index is 2.13. The summed E-state index contributed by atoms with van der Waals surface area (Å²) in [4.78, 5) is 14.0. The van der Waals surface area contributed by atoms with Gasteiger partial charge in [-0.05, 0) is 37.5 Å². The van der Waals surface area contributed by atoms with E-state index >= 15 is 0 Å². The van der Waals surface area contributed by atoms with Crippen molar-refractivity contribution in [2.45, 2.75) is 63.2 Å². The van der Waals surface area contributed by atoms with E-state index in [0.29, 0.717) is 24.4 Å². The quantitative estimate of drug-likeness (QED) is 0.731. The van der Waals surface area contributed by atoms with Gasteiger partial charge in [0.1, 0.15) is 5.84 Å². The molecule has 0 saturated carbocycles. The largest absolute Gasteiger partial charge is 0.362 e. The number of anilines is 1. The van der Waals surface area contributed by atoms with Gasteiger partial charge in [-0.2, -0.15) is 8.42 Å². The summed E-state index contributed by atoms with van der Waals surface area (Å²) in [6.45, 7) is 2.90. The maximum absolute atomic E-state index is 12.7. The van der Waals surface area contributed by atoms with Crippen molar-refractivity contribution in [1.82, 2.24) is 4.90 Å². The number of benzene rings is 1. The first-order valence-electron chi connectivity index (χ1n) is 9.37. The van der Waals surface area contributed by atoms with Gasteiger partial charge in [-0.15, -0.1) is 4.40 Å². The van der Waals surface area contributed by atoms with E-state index in [4.69, 9.17) is 0 Å². The van der Waals surface area contributed by atoms with Gasteiger partial charge in [0.25, 0.3) is 10.0 Å². The number of sulfonamides is 1. The Morgan fingerprint density at radius 3 is 2.81 bits per heavy atom. The molecule has 1 aromatic carbocycles. The highest BCUT2D eigenvalue weighted by molar-refractivity contribution is 7.90. The van der Waals surface area contributed by atoms with Crippen molar-refractivity contribution in [3.05, 3.63) is 24.3 Å². The summed E-state index contributed by atoms with van der Waals surface area (Å²) < 4.78 is 29.4. The number of nitrogens with one attached hydrogen (secondary N) is 1. The molecule has 6 nitrogen and oxygen atoms in total. The molecule has 0 radical (unpaired) electrons. The highest BCUT2D eigenvalue weighted by Gasteiger charge is 2.18. The molecule has 1 N–H and O–H groups in total. The summed E-state index contributed by atoms with van der Waals surface area (Å²) in [6.07, 6.45) is 7.09. The molecule has 0 aliphatic carbocycles. The van der Waals surface area contributed by atoms with Gasteiger partial charge in [0.2, 0.25) is 5.91 Å². The van der Waals surface area contributed by atoms with Gasteiger partial charge in [-0.3, -0.25) is 4.79 Å². The number of likely N-dealkylation sites (tertiary alicyclic amines) is 1. The Kier molecular flexibility index (Phi) is 7.63. The van der Waals surface area contributed by atoms with Gasteiger partial charge in [-0.1, -0.05) is 32.3 Å². The first-order valence-corrected chi connectivity index (χ1v) is 10.8. The van der Waals surface area contributed by atoms with Gasteiger partial charge in [0.05, 0.1) is 4.90 Å². The minimum Gasteiger partial charge on any atom is -0.362 e. The number of carbonyl (C=O) groups is 1.